The summed E-state index contributed by atoms with van der Waals surface area (Å²) in [5.41, 5.74) is 3.84. The maximum Gasteiger partial charge on any atom is 0.275 e. The van der Waals surface area contributed by atoms with Crippen molar-refractivity contribution in [3.63, 3.8) is 0 Å². The lowest BCUT2D eigenvalue weighted by molar-refractivity contribution is -0.121. The molecule has 6 nitrogen and oxygen atoms in total. The van der Waals surface area contributed by atoms with E-state index in [1.165, 1.54) is 12.1 Å². The van der Waals surface area contributed by atoms with Crippen LogP contribution in [0.4, 0.5) is 4.39 Å². The fourth-order valence-corrected chi connectivity index (χ4v) is 2.51. The lowest BCUT2D eigenvalue weighted by atomic mass is 10.1. The van der Waals surface area contributed by atoms with E-state index in [1.807, 2.05) is 0 Å². The van der Waals surface area contributed by atoms with E-state index in [4.69, 9.17) is 0 Å². The molecule has 1 amide bonds. The number of amides is 1. The summed E-state index contributed by atoms with van der Waals surface area (Å²) in [5, 5.41) is 9.25. The Morgan fingerprint density at radius 3 is 2.42 bits per heavy atom. The van der Waals surface area contributed by atoms with Gasteiger partial charge in [0.2, 0.25) is 0 Å². The first-order valence-electron chi connectivity index (χ1n) is 8.01. The minimum absolute atomic E-state index is 0.269. The number of hydrazone groups is 1. The van der Waals surface area contributed by atoms with Gasteiger partial charge in [-0.05, 0) is 44.2 Å². The van der Waals surface area contributed by atoms with Gasteiger partial charge in [-0.2, -0.15) is 10.2 Å². The van der Waals surface area contributed by atoms with Crippen LogP contribution in [0.25, 0.3) is 22.0 Å². The van der Waals surface area contributed by atoms with Gasteiger partial charge in [-0.15, -0.1) is 0 Å². The predicted molar refractivity (Wildman–Crippen MR) is 98.3 cm³/mol. The highest BCUT2D eigenvalue weighted by Crippen LogP contribution is 2.24. The Morgan fingerprint density at radius 1 is 1.12 bits per heavy atom. The Labute approximate surface area is 149 Å². The van der Waals surface area contributed by atoms with Crippen LogP contribution in [-0.2, 0) is 11.3 Å². The average molecular weight is 352 g/mol. The molecule has 3 aromatic rings. The van der Waals surface area contributed by atoms with Gasteiger partial charge < -0.3 is 0 Å². The van der Waals surface area contributed by atoms with Crippen LogP contribution < -0.4 is 11.0 Å². The number of rotatable bonds is 4. The Balaban J connectivity index is 2.11. The van der Waals surface area contributed by atoms with Gasteiger partial charge in [0.25, 0.3) is 11.5 Å². The van der Waals surface area contributed by atoms with Crippen molar-refractivity contribution in [3.05, 3.63) is 64.7 Å². The van der Waals surface area contributed by atoms with Crippen molar-refractivity contribution >= 4 is 22.4 Å². The maximum absolute atomic E-state index is 13.2. The van der Waals surface area contributed by atoms with Crippen molar-refractivity contribution in [3.8, 4) is 11.3 Å². The van der Waals surface area contributed by atoms with Crippen molar-refractivity contribution in [1.29, 1.82) is 0 Å². The molecule has 1 aromatic heterocycles. The first-order chi connectivity index (χ1) is 12.5. The third-order valence-electron chi connectivity index (χ3n) is 3.68. The Bertz CT molecular complexity index is 1050. The molecule has 0 unspecified atom stereocenters. The second kappa shape index (κ2) is 7.26. The fourth-order valence-electron chi connectivity index (χ4n) is 2.51. The second-order valence-corrected chi connectivity index (χ2v) is 5.96. The van der Waals surface area contributed by atoms with Crippen molar-refractivity contribution in [2.75, 3.05) is 0 Å². The molecule has 0 spiro atoms. The smallest absolute Gasteiger partial charge is 0.271 e. The van der Waals surface area contributed by atoms with Crippen LogP contribution in [0.1, 0.15) is 13.8 Å². The molecule has 1 heterocycles. The molecule has 0 saturated carbocycles. The van der Waals surface area contributed by atoms with Crippen LogP contribution in [0, 0.1) is 5.82 Å². The summed E-state index contributed by atoms with van der Waals surface area (Å²) in [4.78, 5) is 24.7. The van der Waals surface area contributed by atoms with E-state index in [9.17, 15) is 14.0 Å². The number of carbonyl (C=O) groups is 1. The number of fused-ring (bicyclic) bond motifs is 1. The molecule has 0 aliphatic carbocycles. The topological polar surface area (TPSA) is 76.3 Å². The largest absolute Gasteiger partial charge is 0.275 e. The Hall–Kier alpha value is -3.35. The van der Waals surface area contributed by atoms with Gasteiger partial charge in [0, 0.05) is 16.7 Å². The predicted octanol–water partition coefficient (Wildman–Crippen LogP) is 2.71. The number of nitrogens with one attached hydrogen (secondary N) is 1. The standard InChI is InChI=1S/C19H17FN4O2/c1-12(2)21-22-17(25)11-24-19(26)16-6-4-3-5-15(16)18(23-24)13-7-9-14(20)10-8-13/h3-10H,11H2,1-2H3,(H,22,25). The first kappa shape index (κ1) is 17.5. The number of halogens is 1. The van der Waals surface area contributed by atoms with E-state index in [-0.39, 0.29) is 17.9 Å². The summed E-state index contributed by atoms with van der Waals surface area (Å²) in [6.07, 6.45) is 0. The van der Waals surface area contributed by atoms with Gasteiger partial charge >= 0.3 is 0 Å². The van der Waals surface area contributed by atoms with Crippen LogP contribution >= 0.6 is 0 Å². The average Bonchev–Trinajstić information content (AvgIpc) is 2.63. The van der Waals surface area contributed by atoms with Gasteiger partial charge in [0.1, 0.15) is 12.4 Å². The van der Waals surface area contributed by atoms with E-state index in [0.717, 1.165) is 4.68 Å². The molecule has 3 rings (SSSR count). The lowest BCUT2D eigenvalue weighted by Gasteiger charge is -2.11. The van der Waals surface area contributed by atoms with Crippen LogP contribution in [0.3, 0.4) is 0 Å². The van der Waals surface area contributed by atoms with E-state index >= 15 is 0 Å². The number of carbonyl (C=O) groups excluding carboxylic acids is 1. The number of nitrogens with zero attached hydrogens (tertiary/aromatic N) is 3. The van der Waals surface area contributed by atoms with E-state index in [2.05, 4.69) is 15.6 Å². The molecule has 1 N–H and O–H groups in total. The Kier molecular flexibility index (Phi) is 4.88. The number of aromatic nitrogens is 2. The lowest BCUT2D eigenvalue weighted by Crippen LogP contribution is -2.32. The molecular weight excluding hydrogens is 335 g/mol. The van der Waals surface area contributed by atoms with E-state index in [0.29, 0.717) is 27.7 Å². The summed E-state index contributed by atoms with van der Waals surface area (Å²) in [7, 11) is 0. The second-order valence-electron chi connectivity index (χ2n) is 5.96. The summed E-state index contributed by atoms with van der Waals surface area (Å²) in [5.74, 6) is -0.820. The van der Waals surface area contributed by atoms with Crippen molar-refractivity contribution < 1.29 is 9.18 Å². The fraction of sp³-hybridized carbons (Fsp3) is 0.158. The molecule has 0 radical (unpaired) electrons. The minimum Gasteiger partial charge on any atom is -0.271 e. The molecule has 0 fully saturated rings. The highest BCUT2D eigenvalue weighted by molar-refractivity contribution is 5.93. The molecule has 7 heteroatoms. The zero-order valence-corrected chi connectivity index (χ0v) is 14.4. The third-order valence-corrected chi connectivity index (χ3v) is 3.68. The number of benzene rings is 2. The summed E-state index contributed by atoms with van der Waals surface area (Å²) in [6.45, 7) is 3.22. The zero-order chi connectivity index (χ0) is 18.7. The quantitative estimate of drug-likeness (QED) is 0.579. The zero-order valence-electron chi connectivity index (χ0n) is 14.4. The molecule has 0 aliphatic heterocycles. The van der Waals surface area contributed by atoms with Crippen molar-refractivity contribution in [2.45, 2.75) is 20.4 Å². The summed E-state index contributed by atoms with van der Waals surface area (Å²) in [6, 6.07) is 12.8. The SMILES string of the molecule is CC(C)=NNC(=O)Cn1nc(-c2ccc(F)cc2)c2ccccc2c1=O. The van der Waals surface area contributed by atoms with Crippen molar-refractivity contribution in [2.24, 2.45) is 5.10 Å². The normalized spacial score (nSPS) is 10.6. The molecule has 2 aromatic carbocycles. The molecule has 0 atom stereocenters. The van der Waals surface area contributed by atoms with E-state index in [1.54, 1.807) is 50.2 Å². The number of hydrogen-bond donors (Lipinski definition) is 1. The third kappa shape index (κ3) is 3.66. The summed E-state index contributed by atoms with van der Waals surface area (Å²) >= 11 is 0. The Morgan fingerprint density at radius 2 is 1.77 bits per heavy atom. The molecule has 0 bridgehead atoms. The molecule has 132 valence electrons. The number of hydrogen-bond acceptors (Lipinski definition) is 4. The van der Waals surface area contributed by atoms with E-state index < -0.39 is 5.91 Å². The summed E-state index contributed by atoms with van der Waals surface area (Å²) < 4.78 is 14.3. The monoisotopic (exact) mass is 352 g/mol. The molecule has 26 heavy (non-hydrogen) atoms. The molecule has 0 saturated heterocycles. The molecule has 0 aliphatic rings. The van der Waals surface area contributed by atoms with Crippen LogP contribution in [-0.4, -0.2) is 21.4 Å². The minimum atomic E-state index is -0.457. The van der Waals surface area contributed by atoms with Gasteiger partial charge in [-0.25, -0.2) is 14.5 Å². The van der Waals surface area contributed by atoms with Gasteiger partial charge in [-0.1, -0.05) is 18.2 Å². The highest BCUT2D eigenvalue weighted by Gasteiger charge is 2.14. The van der Waals surface area contributed by atoms with Crippen LogP contribution in [0.5, 0.6) is 0 Å². The van der Waals surface area contributed by atoms with Crippen LogP contribution in [0.2, 0.25) is 0 Å². The van der Waals surface area contributed by atoms with Gasteiger partial charge in [0.15, 0.2) is 0 Å². The highest BCUT2D eigenvalue weighted by atomic mass is 19.1. The van der Waals surface area contributed by atoms with Crippen molar-refractivity contribution in [1.82, 2.24) is 15.2 Å². The van der Waals surface area contributed by atoms with Gasteiger partial charge in [0.05, 0.1) is 11.1 Å². The van der Waals surface area contributed by atoms with Crippen LogP contribution in [0.15, 0.2) is 58.4 Å². The maximum atomic E-state index is 13.2. The first-order valence-corrected chi connectivity index (χ1v) is 8.01. The molecular formula is C19H17FN4O2. The van der Waals surface area contributed by atoms with Gasteiger partial charge in [-0.3, -0.25) is 9.59 Å².